The topological polar surface area (TPSA) is 12.5 Å². The molecule has 1 aliphatic carbocycles. The van der Waals surface area contributed by atoms with E-state index in [9.17, 15) is 0 Å². The number of ether oxygens (including phenoxy) is 1. The molecule has 0 fully saturated rings. The summed E-state index contributed by atoms with van der Waals surface area (Å²) in [6, 6.07) is 82.1. The maximum absolute atomic E-state index is 7.03. The van der Waals surface area contributed by atoms with Crippen molar-refractivity contribution in [3.05, 3.63) is 269 Å². The minimum atomic E-state index is -0.553. The van der Waals surface area contributed by atoms with Crippen molar-refractivity contribution < 1.29 is 4.74 Å². The van der Waals surface area contributed by atoms with Crippen LogP contribution in [0, 0.1) is 0 Å². The van der Waals surface area contributed by atoms with Crippen LogP contribution in [-0.2, 0) is 10.8 Å². The van der Waals surface area contributed by atoms with Gasteiger partial charge in [0.1, 0.15) is 11.5 Å². The van der Waals surface area contributed by atoms with Crippen molar-refractivity contribution >= 4 is 28.8 Å². The van der Waals surface area contributed by atoms with Crippen molar-refractivity contribution in [1.82, 2.24) is 0 Å². The van der Waals surface area contributed by atoms with Crippen molar-refractivity contribution in [2.45, 2.75) is 20.6 Å². The first kappa shape index (κ1) is 34.0. The van der Waals surface area contributed by atoms with Gasteiger partial charge in [0, 0.05) is 44.0 Å². The predicted octanol–water partition coefficient (Wildman–Crippen LogP) is 14.5. The van der Waals surface area contributed by atoms with Crippen molar-refractivity contribution in [2.24, 2.45) is 0 Å². The zero-order valence-corrected chi connectivity index (χ0v) is 32.9. The van der Waals surface area contributed by atoms with Gasteiger partial charge in [-0.25, -0.2) is 0 Å². The van der Waals surface area contributed by atoms with E-state index in [4.69, 9.17) is 4.74 Å². The van der Waals surface area contributed by atoms with E-state index in [1.54, 1.807) is 0 Å². The van der Waals surface area contributed by atoms with E-state index in [2.05, 4.69) is 229 Å². The number of hydrogen-bond acceptors (Lipinski definition) is 3. The summed E-state index contributed by atoms with van der Waals surface area (Å²) >= 11 is 1.85. The molecule has 59 heavy (non-hydrogen) atoms. The molecule has 12 rings (SSSR count). The highest BCUT2D eigenvalue weighted by Gasteiger charge is 2.50. The highest BCUT2D eigenvalue weighted by atomic mass is 32.2. The molecule has 3 heteroatoms. The van der Waals surface area contributed by atoms with Crippen LogP contribution >= 0.6 is 11.8 Å². The first-order chi connectivity index (χ1) is 29.3. The van der Waals surface area contributed by atoms with Crippen LogP contribution in [-0.4, -0.2) is 0 Å². The molecule has 9 aromatic carbocycles. The molecule has 2 aliphatic heterocycles. The number of para-hydroxylation sites is 2. The molecule has 0 unspecified atom stereocenters. The van der Waals surface area contributed by atoms with E-state index in [0.29, 0.717) is 0 Å². The van der Waals surface area contributed by atoms with Gasteiger partial charge in [-0.2, -0.15) is 0 Å². The van der Waals surface area contributed by atoms with Gasteiger partial charge in [-0.15, -0.1) is 0 Å². The van der Waals surface area contributed by atoms with Crippen molar-refractivity contribution in [1.29, 1.82) is 0 Å². The van der Waals surface area contributed by atoms with Gasteiger partial charge in [0.05, 0.1) is 10.8 Å². The Morgan fingerprint density at radius 1 is 0.322 bits per heavy atom. The first-order valence-corrected chi connectivity index (χ1v) is 21.1. The smallest absolute Gasteiger partial charge is 0.134 e. The SMILES string of the molecule is c1ccc(N(c2ccc3c(c2)Oc2ccccc2C32c3ccccc3Sc3ccccc32)c2ccc3c(c2)C(c2ccccc2)(c2ccccc2)c2ccccc2-3)cc1. The Morgan fingerprint density at radius 3 is 1.49 bits per heavy atom. The molecular formula is C56H37NOS. The second kappa shape index (κ2) is 13.2. The molecule has 0 bridgehead atoms. The molecule has 0 atom stereocenters. The molecular weight excluding hydrogens is 735 g/mol. The molecule has 9 aromatic rings. The van der Waals surface area contributed by atoms with E-state index < -0.39 is 10.8 Å². The minimum absolute atomic E-state index is 0.512. The molecule has 0 saturated heterocycles. The lowest BCUT2D eigenvalue weighted by Gasteiger charge is -2.45. The Labute approximate surface area is 349 Å². The maximum Gasteiger partial charge on any atom is 0.134 e. The van der Waals surface area contributed by atoms with Crippen molar-refractivity contribution in [3.63, 3.8) is 0 Å². The summed E-state index contributed by atoms with van der Waals surface area (Å²) in [5, 5.41) is 0. The Morgan fingerprint density at radius 2 is 0.814 bits per heavy atom. The maximum atomic E-state index is 7.03. The Hall–Kier alpha value is -7.07. The van der Waals surface area contributed by atoms with Gasteiger partial charge in [0.25, 0.3) is 0 Å². The van der Waals surface area contributed by atoms with Crippen LogP contribution in [0.4, 0.5) is 17.1 Å². The van der Waals surface area contributed by atoms with E-state index >= 15 is 0 Å². The highest BCUT2D eigenvalue weighted by molar-refractivity contribution is 7.99. The van der Waals surface area contributed by atoms with E-state index in [0.717, 1.165) is 39.7 Å². The molecule has 3 aliphatic rings. The largest absolute Gasteiger partial charge is 0.457 e. The van der Waals surface area contributed by atoms with Crippen LogP contribution in [0.2, 0.25) is 0 Å². The third-order valence-corrected chi connectivity index (χ3v) is 13.8. The third kappa shape index (κ3) is 4.83. The fraction of sp³-hybridized carbons (Fsp3) is 0.0357. The number of anilines is 3. The summed E-state index contributed by atoms with van der Waals surface area (Å²) in [4.78, 5) is 4.92. The van der Waals surface area contributed by atoms with Gasteiger partial charge in [-0.3, -0.25) is 0 Å². The molecule has 2 heterocycles. The van der Waals surface area contributed by atoms with Gasteiger partial charge in [0.15, 0.2) is 0 Å². The van der Waals surface area contributed by atoms with Crippen molar-refractivity contribution in [2.75, 3.05) is 4.90 Å². The summed E-state index contributed by atoms with van der Waals surface area (Å²) in [5.74, 6) is 1.74. The Bertz CT molecular complexity index is 2960. The number of nitrogens with zero attached hydrogens (tertiary/aromatic N) is 1. The van der Waals surface area contributed by atoms with Gasteiger partial charge in [0.2, 0.25) is 0 Å². The van der Waals surface area contributed by atoms with Gasteiger partial charge in [-0.05, 0) is 93.0 Å². The average Bonchev–Trinajstić information content (AvgIpc) is 3.60. The lowest BCUT2D eigenvalue weighted by atomic mass is 9.63. The normalized spacial score (nSPS) is 14.4. The summed E-state index contributed by atoms with van der Waals surface area (Å²) in [6.07, 6.45) is 0. The van der Waals surface area contributed by atoms with Crippen LogP contribution in [0.25, 0.3) is 11.1 Å². The first-order valence-electron chi connectivity index (χ1n) is 20.3. The summed E-state index contributed by atoms with van der Waals surface area (Å²) in [5.41, 5.74) is 14.6. The second-order valence-electron chi connectivity index (χ2n) is 15.6. The van der Waals surface area contributed by atoms with E-state index in [1.165, 1.54) is 54.3 Å². The molecule has 0 saturated carbocycles. The number of rotatable bonds is 5. The van der Waals surface area contributed by atoms with Gasteiger partial charge in [-0.1, -0.05) is 182 Å². The summed E-state index contributed by atoms with van der Waals surface area (Å²) in [6.45, 7) is 0. The van der Waals surface area contributed by atoms with E-state index in [-0.39, 0.29) is 0 Å². The van der Waals surface area contributed by atoms with Crippen LogP contribution in [0.3, 0.4) is 0 Å². The van der Waals surface area contributed by atoms with Crippen LogP contribution in [0.5, 0.6) is 11.5 Å². The zero-order chi connectivity index (χ0) is 39.0. The van der Waals surface area contributed by atoms with Gasteiger partial charge >= 0.3 is 0 Å². The Kier molecular flexibility index (Phi) is 7.63. The van der Waals surface area contributed by atoms with Crippen LogP contribution < -0.4 is 9.64 Å². The number of benzene rings is 9. The quantitative estimate of drug-likeness (QED) is 0.173. The van der Waals surface area contributed by atoms with Crippen LogP contribution in [0.15, 0.2) is 234 Å². The molecule has 0 N–H and O–H groups in total. The fourth-order valence-electron chi connectivity index (χ4n) is 10.3. The van der Waals surface area contributed by atoms with Gasteiger partial charge < -0.3 is 9.64 Å². The van der Waals surface area contributed by atoms with E-state index in [1.807, 2.05) is 11.8 Å². The fourth-order valence-corrected chi connectivity index (χ4v) is 11.5. The predicted molar refractivity (Wildman–Crippen MR) is 241 cm³/mol. The highest BCUT2D eigenvalue weighted by Crippen LogP contribution is 2.62. The standard InChI is InChI=1S/C56H37NOS/c1-4-18-38(19-5-1)55(39-20-6-2-7-21-39)45-25-11-10-24-43(45)44-34-32-41(36-50(44)55)57(40-22-8-3-9-23-40)42-33-35-47-52(37-42)58-51-29-15-12-26-46(51)56(47)48-27-13-16-30-53(48)59-54-31-17-14-28-49(54)56/h1-37H. The lowest BCUT2D eigenvalue weighted by Crippen LogP contribution is -2.36. The molecule has 278 valence electrons. The lowest BCUT2D eigenvalue weighted by molar-refractivity contribution is 0.431. The molecule has 0 radical (unpaired) electrons. The third-order valence-electron chi connectivity index (χ3n) is 12.7. The number of hydrogen-bond donors (Lipinski definition) is 0. The summed E-state index contributed by atoms with van der Waals surface area (Å²) < 4.78 is 7.03. The minimum Gasteiger partial charge on any atom is -0.457 e. The van der Waals surface area contributed by atoms with Crippen LogP contribution in [0.1, 0.15) is 44.5 Å². The molecule has 1 spiro atoms. The van der Waals surface area contributed by atoms with Crippen molar-refractivity contribution in [3.8, 4) is 22.6 Å². The monoisotopic (exact) mass is 771 g/mol. The zero-order valence-electron chi connectivity index (χ0n) is 32.1. The molecule has 2 nitrogen and oxygen atoms in total. The average molecular weight is 772 g/mol. The molecule has 0 amide bonds. The summed E-state index contributed by atoms with van der Waals surface area (Å²) in [7, 11) is 0. The number of fused-ring (bicyclic) bond motifs is 11. The second-order valence-corrected chi connectivity index (χ2v) is 16.6. The molecule has 0 aromatic heterocycles. The Balaban J connectivity index is 1.10.